The Kier molecular flexibility index (Phi) is 12.7. The SMILES string of the molecule is C/C=C/COC(=O)c1ccc(C(=O)OCCCCCCCCCCC)cc1. The van der Waals surface area contributed by atoms with E-state index in [1.807, 2.05) is 13.0 Å². The van der Waals surface area contributed by atoms with Crippen LogP contribution in [-0.4, -0.2) is 25.2 Å². The third-order valence-electron chi connectivity index (χ3n) is 4.38. The standard InChI is InChI=1S/C23H34O4/c1-3-5-7-8-9-10-11-12-13-19-27-23(25)21-16-14-20(15-17-21)22(24)26-18-6-4-2/h4,6,14-17H,3,5,7-13,18-19H2,1-2H3/b6-4+. The lowest BCUT2D eigenvalue weighted by molar-refractivity contribution is 0.0494. The van der Waals surface area contributed by atoms with Gasteiger partial charge in [0, 0.05) is 0 Å². The summed E-state index contributed by atoms with van der Waals surface area (Å²) in [5.74, 6) is -0.744. The zero-order valence-corrected chi connectivity index (χ0v) is 16.9. The van der Waals surface area contributed by atoms with Crippen LogP contribution < -0.4 is 0 Å². The molecule has 27 heavy (non-hydrogen) atoms. The fourth-order valence-electron chi connectivity index (χ4n) is 2.71. The topological polar surface area (TPSA) is 52.6 Å². The molecule has 1 rings (SSSR count). The molecule has 1 aromatic carbocycles. The zero-order valence-electron chi connectivity index (χ0n) is 16.9. The van der Waals surface area contributed by atoms with Crippen molar-refractivity contribution in [3.8, 4) is 0 Å². The molecule has 0 bridgehead atoms. The van der Waals surface area contributed by atoms with Crippen molar-refractivity contribution in [3.05, 3.63) is 47.5 Å². The number of unbranched alkanes of at least 4 members (excludes halogenated alkanes) is 8. The highest BCUT2D eigenvalue weighted by Crippen LogP contribution is 2.11. The first-order chi connectivity index (χ1) is 13.2. The van der Waals surface area contributed by atoms with E-state index in [1.54, 1.807) is 30.3 Å². The summed E-state index contributed by atoms with van der Waals surface area (Å²) in [5.41, 5.74) is 0.880. The molecule has 0 radical (unpaired) electrons. The fourth-order valence-corrected chi connectivity index (χ4v) is 2.71. The van der Waals surface area contributed by atoms with E-state index >= 15 is 0 Å². The minimum atomic E-state index is -0.400. The van der Waals surface area contributed by atoms with E-state index in [0.717, 1.165) is 12.8 Å². The van der Waals surface area contributed by atoms with Crippen molar-refractivity contribution in [3.63, 3.8) is 0 Å². The molecule has 150 valence electrons. The Morgan fingerprint density at radius 3 is 1.78 bits per heavy atom. The molecular weight excluding hydrogens is 340 g/mol. The number of rotatable bonds is 14. The smallest absolute Gasteiger partial charge is 0.338 e. The van der Waals surface area contributed by atoms with Gasteiger partial charge in [-0.25, -0.2) is 9.59 Å². The third-order valence-corrected chi connectivity index (χ3v) is 4.38. The van der Waals surface area contributed by atoms with Gasteiger partial charge in [-0.3, -0.25) is 0 Å². The molecule has 4 nitrogen and oxygen atoms in total. The van der Waals surface area contributed by atoms with E-state index in [1.165, 1.54) is 44.9 Å². The molecule has 0 amide bonds. The molecule has 0 saturated heterocycles. The van der Waals surface area contributed by atoms with E-state index in [0.29, 0.717) is 17.7 Å². The quantitative estimate of drug-likeness (QED) is 0.224. The number of ether oxygens (including phenoxy) is 2. The number of allylic oxidation sites excluding steroid dienone is 1. The molecule has 0 heterocycles. The van der Waals surface area contributed by atoms with Gasteiger partial charge in [0.1, 0.15) is 6.61 Å². The van der Waals surface area contributed by atoms with Gasteiger partial charge in [-0.1, -0.05) is 70.4 Å². The van der Waals surface area contributed by atoms with Gasteiger partial charge in [0.15, 0.2) is 0 Å². The predicted molar refractivity (Wildman–Crippen MR) is 109 cm³/mol. The van der Waals surface area contributed by atoms with Crippen molar-refractivity contribution >= 4 is 11.9 Å². The number of benzene rings is 1. The van der Waals surface area contributed by atoms with Crippen LogP contribution in [0.25, 0.3) is 0 Å². The van der Waals surface area contributed by atoms with Crippen LogP contribution in [-0.2, 0) is 9.47 Å². The lowest BCUT2D eigenvalue weighted by atomic mass is 10.1. The maximum atomic E-state index is 12.0. The minimum Gasteiger partial charge on any atom is -0.462 e. The molecule has 0 fully saturated rings. The van der Waals surface area contributed by atoms with Crippen LogP contribution in [0, 0.1) is 0 Å². The molecule has 0 saturated carbocycles. The van der Waals surface area contributed by atoms with Crippen molar-refractivity contribution in [1.82, 2.24) is 0 Å². The molecule has 0 aliphatic heterocycles. The normalized spacial score (nSPS) is 10.9. The fraction of sp³-hybridized carbons (Fsp3) is 0.565. The Morgan fingerprint density at radius 1 is 0.778 bits per heavy atom. The van der Waals surface area contributed by atoms with Crippen LogP contribution >= 0.6 is 0 Å². The van der Waals surface area contributed by atoms with Gasteiger partial charge in [-0.15, -0.1) is 0 Å². The summed E-state index contributed by atoms with van der Waals surface area (Å²) >= 11 is 0. The number of carbonyl (C=O) groups excluding carboxylic acids is 2. The summed E-state index contributed by atoms with van der Waals surface area (Å²) in [6.07, 6.45) is 14.7. The highest BCUT2D eigenvalue weighted by Gasteiger charge is 2.10. The lowest BCUT2D eigenvalue weighted by Gasteiger charge is -2.06. The Morgan fingerprint density at radius 2 is 1.26 bits per heavy atom. The van der Waals surface area contributed by atoms with Crippen LogP contribution in [0.5, 0.6) is 0 Å². The second kappa shape index (κ2) is 15.0. The average molecular weight is 375 g/mol. The molecule has 0 aromatic heterocycles. The van der Waals surface area contributed by atoms with Gasteiger partial charge in [0.05, 0.1) is 17.7 Å². The molecule has 1 aromatic rings. The minimum absolute atomic E-state index is 0.248. The number of carbonyl (C=O) groups is 2. The van der Waals surface area contributed by atoms with Gasteiger partial charge in [0.2, 0.25) is 0 Å². The van der Waals surface area contributed by atoms with Crippen molar-refractivity contribution < 1.29 is 19.1 Å². The molecule has 4 heteroatoms. The Bertz CT molecular complexity index is 560. The second-order valence-corrected chi connectivity index (χ2v) is 6.71. The molecule has 0 unspecified atom stereocenters. The first kappa shape index (κ1) is 22.9. The summed E-state index contributed by atoms with van der Waals surface area (Å²) in [5, 5.41) is 0. The van der Waals surface area contributed by atoms with E-state index in [-0.39, 0.29) is 12.6 Å². The highest BCUT2D eigenvalue weighted by atomic mass is 16.5. The summed E-state index contributed by atoms with van der Waals surface area (Å²) in [7, 11) is 0. The zero-order chi connectivity index (χ0) is 19.7. The first-order valence-corrected chi connectivity index (χ1v) is 10.2. The van der Waals surface area contributed by atoms with E-state index < -0.39 is 5.97 Å². The van der Waals surface area contributed by atoms with E-state index in [9.17, 15) is 9.59 Å². The largest absolute Gasteiger partial charge is 0.462 e. The van der Waals surface area contributed by atoms with E-state index in [4.69, 9.17) is 9.47 Å². The summed E-state index contributed by atoms with van der Waals surface area (Å²) < 4.78 is 10.4. The molecule has 0 atom stereocenters. The Labute approximate surface area is 163 Å². The maximum absolute atomic E-state index is 12.0. The molecule has 0 aliphatic rings. The lowest BCUT2D eigenvalue weighted by Crippen LogP contribution is -2.08. The summed E-state index contributed by atoms with van der Waals surface area (Å²) in [6, 6.07) is 6.38. The summed E-state index contributed by atoms with van der Waals surface area (Å²) in [6.45, 7) is 4.79. The van der Waals surface area contributed by atoms with Crippen LogP contribution in [0.3, 0.4) is 0 Å². The monoisotopic (exact) mass is 374 g/mol. The average Bonchev–Trinajstić information content (AvgIpc) is 2.69. The van der Waals surface area contributed by atoms with Crippen LogP contribution in [0.4, 0.5) is 0 Å². The number of hydrogen-bond donors (Lipinski definition) is 0. The Hall–Kier alpha value is -2.10. The molecule has 0 N–H and O–H groups in total. The van der Waals surface area contributed by atoms with Crippen LogP contribution in [0.2, 0.25) is 0 Å². The molecule has 0 aliphatic carbocycles. The van der Waals surface area contributed by atoms with Crippen LogP contribution in [0.1, 0.15) is 92.4 Å². The van der Waals surface area contributed by atoms with Crippen molar-refractivity contribution in [1.29, 1.82) is 0 Å². The van der Waals surface area contributed by atoms with Gasteiger partial charge in [-0.05, 0) is 37.6 Å². The highest BCUT2D eigenvalue weighted by molar-refractivity contribution is 5.93. The van der Waals surface area contributed by atoms with Gasteiger partial charge < -0.3 is 9.47 Å². The second-order valence-electron chi connectivity index (χ2n) is 6.71. The predicted octanol–water partition coefficient (Wildman–Crippen LogP) is 6.11. The molecular formula is C23H34O4. The van der Waals surface area contributed by atoms with Crippen molar-refractivity contribution in [2.75, 3.05) is 13.2 Å². The molecule has 0 spiro atoms. The number of esters is 2. The van der Waals surface area contributed by atoms with E-state index in [2.05, 4.69) is 6.92 Å². The number of hydrogen-bond acceptors (Lipinski definition) is 4. The third kappa shape index (κ3) is 10.6. The van der Waals surface area contributed by atoms with Crippen molar-refractivity contribution in [2.45, 2.75) is 71.6 Å². The van der Waals surface area contributed by atoms with Crippen molar-refractivity contribution in [2.24, 2.45) is 0 Å². The maximum Gasteiger partial charge on any atom is 0.338 e. The Balaban J connectivity index is 2.17. The van der Waals surface area contributed by atoms with Gasteiger partial charge >= 0.3 is 11.9 Å². The van der Waals surface area contributed by atoms with Gasteiger partial charge in [-0.2, -0.15) is 0 Å². The van der Waals surface area contributed by atoms with Crippen LogP contribution in [0.15, 0.2) is 36.4 Å². The van der Waals surface area contributed by atoms with Gasteiger partial charge in [0.25, 0.3) is 0 Å². The first-order valence-electron chi connectivity index (χ1n) is 10.2. The summed E-state index contributed by atoms with van der Waals surface area (Å²) in [4.78, 5) is 23.8.